The number of pyridine rings is 1. The van der Waals surface area contributed by atoms with Crippen LogP contribution < -0.4 is 5.32 Å². The molecular formula is C17H23N3O. The molecule has 0 amide bonds. The van der Waals surface area contributed by atoms with Gasteiger partial charge in [0.15, 0.2) is 0 Å². The minimum absolute atomic E-state index is 0.133. The average molecular weight is 285 g/mol. The van der Waals surface area contributed by atoms with Crippen molar-refractivity contribution >= 4 is 16.6 Å². The number of anilines is 1. The number of nitrogens with one attached hydrogen (secondary N) is 1. The molecule has 2 aromatic rings. The molecule has 1 fully saturated rings. The van der Waals surface area contributed by atoms with Crippen LogP contribution in [0.5, 0.6) is 0 Å². The summed E-state index contributed by atoms with van der Waals surface area (Å²) in [5.74, 6) is 0.965. The summed E-state index contributed by atoms with van der Waals surface area (Å²) in [7, 11) is 0. The molecule has 21 heavy (non-hydrogen) atoms. The molecule has 112 valence electrons. The Balaban J connectivity index is 1.50. The van der Waals surface area contributed by atoms with Crippen LogP contribution in [0.25, 0.3) is 10.8 Å². The Labute approximate surface area is 125 Å². The quantitative estimate of drug-likeness (QED) is 0.829. The van der Waals surface area contributed by atoms with Crippen LogP contribution in [0, 0.1) is 0 Å². The van der Waals surface area contributed by atoms with Crippen molar-refractivity contribution in [1.82, 2.24) is 9.88 Å². The lowest BCUT2D eigenvalue weighted by Crippen LogP contribution is -2.39. The van der Waals surface area contributed by atoms with Gasteiger partial charge in [0, 0.05) is 24.7 Å². The fourth-order valence-electron chi connectivity index (χ4n) is 3.00. The number of aliphatic hydroxyl groups excluding tert-OH is 1. The Hall–Kier alpha value is -1.65. The second-order valence-corrected chi connectivity index (χ2v) is 5.76. The summed E-state index contributed by atoms with van der Waals surface area (Å²) < 4.78 is 0. The van der Waals surface area contributed by atoms with Crippen LogP contribution in [0.1, 0.15) is 19.3 Å². The van der Waals surface area contributed by atoms with Crippen molar-refractivity contribution in [1.29, 1.82) is 0 Å². The van der Waals surface area contributed by atoms with Crippen LogP contribution in [0.3, 0.4) is 0 Å². The van der Waals surface area contributed by atoms with Crippen molar-refractivity contribution in [3.8, 4) is 0 Å². The number of aliphatic hydroxyl groups is 1. The first kappa shape index (κ1) is 14.3. The highest BCUT2D eigenvalue weighted by molar-refractivity contribution is 5.91. The number of piperidine rings is 1. The number of hydrogen-bond donors (Lipinski definition) is 2. The third-order valence-corrected chi connectivity index (χ3v) is 4.10. The zero-order valence-electron chi connectivity index (χ0n) is 12.3. The molecule has 0 radical (unpaired) electrons. The number of rotatable bonds is 5. The lowest BCUT2D eigenvalue weighted by Gasteiger charge is -2.29. The Morgan fingerprint density at radius 3 is 3.10 bits per heavy atom. The fraction of sp³-hybridized carbons (Fsp3) is 0.471. The molecule has 2 heterocycles. The molecule has 4 nitrogen and oxygen atoms in total. The number of nitrogens with zero attached hydrogens (tertiary/aromatic N) is 2. The van der Waals surface area contributed by atoms with Crippen LogP contribution >= 0.6 is 0 Å². The second kappa shape index (κ2) is 6.87. The topological polar surface area (TPSA) is 48.4 Å². The number of likely N-dealkylation sites (tertiary alicyclic amines) is 1. The highest BCUT2D eigenvalue weighted by Crippen LogP contribution is 2.20. The fourth-order valence-corrected chi connectivity index (χ4v) is 3.00. The van der Waals surface area contributed by atoms with E-state index in [-0.39, 0.29) is 6.10 Å². The van der Waals surface area contributed by atoms with E-state index in [0.29, 0.717) is 0 Å². The molecule has 0 saturated carbocycles. The van der Waals surface area contributed by atoms with Gasteiger partial charge in [0.25, 0.3) is 0 Å². The molecule has 1 aromatic carbocycles. The Bertz CT molecular complexity index is 582. The first-order valence-corrected chi connectivity index (χ1v) is 7.81. The van der Waals surface area contributed by atoms with Gasteiger partial charge >= 0.3 is 0 Å². The molecule has 3 rings (SSSR count). The molecule has 1 atom stereocenters. The summed E-state index contributed by atoms with van der Waals surface area (Å²) in [6, 6.07) is 10.3. The summed E-state index contributed by atoms with van der Waals surface area (Å²) in [6.45, 7) is 3.89. The number of benzene rings is 1. The van der Waals surface area contributed by atoms with Gasteiger partial charge < -0.3 is 15.3 Å². The highest BCUT2D eigenvalue weighted by Gasteiger charge is 2.16. The predicted molar refractivity (Wildman–Crippen MR) is 86.5 cm³/mol. The normalized spacial score (nSPS) is 19.8. The maximum atomic E-state index is 9.67. The molecule has 2 N–H and O–H groups in total. The molecule has 1 saturated heterocycles. The van der Waals surface area contributed by atoms with Gasteiger partial charge in [-0.3, -0.25) is 0 Å². The van der Waals surface area contributed by atoms with E-state index in [1.54, 1.807) is 0 Å². The zero-order valence-corrected chi connectivity index (χ0v) is 12.3. The van der Waals surface area contributed by atoms with E-state index in [1.165, 1.54) is 10.8 Å². The average Bonchev–Trinajstić information content (AvgIpc) is 2.52. The molecular weight excluding hydrogens is 262 g/mol. The molecule has 1 aliphatic heterocycles. The van der Waals surface area contributed by atoms with E-state index in [9.17, 15) is 5.11 Å². The summed E-state index contributed by atoms with van der Waals surface area (Å²) in [4.78, 5) is 6.79. The van der Waals surface area contributed by atoms with E-state index in [1.807, 2.05) is 24.4 Å². The summed E-state index contributed by atoms with van der Waals surface area (Å²) in [5, 5.41) is 15.5. The third kappa shape index (κ3) is 3.71. The summed E-state index contributed by atoms with van der Waals surface area (Å²) >= 11 is 0. The van der Waals surface area contributed by atoms with E-state index < -0.39 is 0 Å². The van der Waals surface area contributed by atoms with Crippen LogP contribution in [0.2, 0.25) is 0 Å². The monoisotopic (exact) mass is 285 g/mol. The first-order valence-electron chi connectivity index (χ1n) is 7.81. The smallest absolute Gasteiger partial charge is 0.133 e. The molecule has 0 spiro atoms. The van der Waals surface area contributed by atoms with Crippen LogP contribution in [0.4, 0.5) is 5.82 Å². The van der Waals surface area contributed by atoms with Crippen molar-refractivity contribution in [3.05, 3.63) is 36.5 Å². The highest BCUT2D eigenvalue weighted by atomic mass is 16.3. The van der Waals surface area contributed by atoms with Gasteiger partial charge in [-0.2, -0.15) is 0 Å². The summed E-state index contributed by atoms with van der Waals surface area (Å²) in [6.07, 6.45) is 4.85. The minimum atomic E-state index is -0.133. The minimum Gasteiger partial charge on any atom is -0.392 e. The van der Waals surface area contributed by atoms with Crippen molar-refractivity contribution in [2.75, 3.05) is 31.5 Å². The van der Waals surface area contributed by atoms with E-state index >= 15 is 0 Å². The van der Waals surface area contributed by atoms with Crippen molar-refractivity contribution in [3.63, 3.8) is 0 Å². The SMILES string of the molecule is OC1CCCN(CCCNc2nccc3ccccc23)C1. The molecule has 1 unspecified atom stereocenters. The Morgan fingerprint density at radius 2 is 2.19 bits per heavy atom. The molecule has 0 bridgehead atoms. The van der Waals surface area contributed by atoms with Crippen LogP contribution in [-0.4, -0.2) is 47.3 Å². The largest absolute Gasteiger partial charge is 0.392 e. The lowest BCUT2D eigenvalue weighted by atomic mass is 10.1. The van der Waals surface area contributed by atoms with E-state index in [4.69, 9.17) is 0 Å². The van der Waals surface area contributed by atoms with Gasteiger partial charge in [0.2, 0.25) is 0 Å². The zero-order chi connectivity index (χ0) is 14.5. The van der Waals surface area contributed by atoms with Gasteiger partial charge in [-0.15, -0.1) is 0 Å². The van der Waals surface area contributed by atoms with Crippen LogP contribution in [-0.2, 0) is 0 Å². The Morgan fingerprint density at radius 1 is 1.29 bits per heavy atom. The van der Waals surface area contributed by atoms with E-state index in [2.05, 4.69) is 27.3 Å². The van der Waals surface area contributed by atoms with Crippen molar-refractivity contribution < 1.29 is 5.11 Å². The maximum absolute atomic E-state index is 9.67. The molecule has 0 aliphatic carbocycles. The number of hydrogen-bond acceptors (Lipinski definition) is 4. The van der Waals surface area contributed by atoms with Gasteiger partial charge in [-0.1, -0.05) is 24.3 Å². The standard InChI is InChI=1S/C17H23N3O/c21-15-6-3-11-20(13-15)12-4-9-18-17-16-7-2-1-5-14(16)8-10-19-17/h1-2,5,7-8,10,15,21H,3-4,6,9,11-13H2,(H,18,19). The lowest BCUT2D eigenvalue weighted by molar-refractivity contribution is 0.0706. The first-order chi connectivity index (χ1) is 10.3. The number of fused-ring (bicyclic) bond motifs is 1. The molecule has 1 aromatic heterocycles. The van der Waals surface area contributed by atoms with Gasteiger partial charge in [-0.25, -0.2) is 4.98 Å². The Kier molecular flexibility index (Phi) is 4.68. The number of aromatic nitrogens is 1. The van der Waals surface area contributed by atoms with Crippen molar-refractivity contribution in [2.24, 2.45) is 0 Å². The number of β-amino-alcohol motifs (C(OH)–C–C–N with tert-alkyl or cyclic N) is 1. The van der Waals surface area contributed by atoms with E-state index in [0.717, 1.165) is 51.3 Å². The van der Waals surface area contributed by atoms with Crippen molar-refractivity contribution in [2.45, 2.75) is 25.4 Å². The van der Waals surface area contributed by atoms with Crippen LogP contribution in [0.15, 0.2) is 36.5 Å². The predicted octanol–water partition coefficient (Wildman–Crippen LogP) is 2.49. The van der Waals surface area contributed by atoms with Gasteiger partial charge in [-0.05, 0) is 43.8 Å². The summed E-state index contributed by atoms with van der Waals surface area (Å²) in [5.41, 5.74) is 0. The molecule has 1 aliphatic rings. The van der Waals surface area contributed by atoms with Gasteiger partial charge in [0.05, 0.1) is 6.10 Å². The third-order valence-electron chi connectivity index (χ3n) is 4.10. The molecule has 4 heteroatoms. The second-order valence-electron chi connectivity index (χ2n) is 5.76. The maximum Gasteiger partial charge on any atom is 0.133 e. The van der Waals surface area contributed by atoms with Gasteiger partial charge in [0.1, 0.15) is 5.82 Å².